The molecule has 1 aromatic carbocycles. The van der Waals surface area contributed by atoms with Gasteiger partial charge in [-0.2, -0.15) is 0 Å². The first kappa shape index (κ1) is 9.25. The summed E-state index contributed by atoms with van der Waals surface area (Å²) in [6.45, 7) is 4.16. The van der Waals surface area contributed by atoms with Crippen molar-refractivity contribution in [3.05, 3.63) is 34.9 Å². The molecule has 1 heterocycles. The zero-order valence-corrected chi connectivity index (χ0v) is 8.54. The van der Waals surface area contributed by atoms with Crippen LogP contribution in [0.25, 0.3) is 0 Å². The van der Waals surface area contributed by atoms with E-state index in [1.165, 1.54) is 11.1 Å². The van der Waals surface area contributed by atoms with Crippen molar-refractivity contribution >= 4 is 5.97 Å². The lowest BCUT2D eigenvalue weighted by Crippen LogP contribution is -1.99. The van der Waals surface area contributed by atoms with Crippen molar-refractivity contribution in [3.63, 3.8) is 0 Å². The lowest BCUT2D eigenvalue weighted by atomic mass is 10.0. The quantitative estimate of drug-likeness (QED) is 0.636. The van der Waals surface area contributed by atoms with Crippen LogP contribution in [-0.4, -0.2) is 5.97 Å². The van der Waals surface area contributed by atoms with E-state index < -0.39 is 0 Å². The standard InChI is InChI=1S/C12H14O2/c1-8-3-4-10(7-9(8)2)11-5-6-12(13)14-11/h3-4,7,11H,5-6H2,1-2H3. The van der Waals surface area contributed by atoms with Gasteiger partial charge >= 0.3 is 5.97 Å². The Morgan fingerprint density at radius 2 is 2.07 bits per heavy atom. The average molecular weight is 190 g/mol. The fourth-order valence-electron chi connectivity index (χ4n) is 1.73. The Morgan fingerprint density at radius 1 is 1.29 bits per heavy atom. The zero-order chi connectivity index (χ0) is 10.1. The highest BCUT2D eigenvalue weighted by Gasteiger charge is 2.24. The smallest absolute Gasteiger partial charge is 0.306 e. The van der Waals surface area contributed by atoms with Crippen LogP contribution in [0.1, 0.15) is 35.6 Å². The second-order valence-corrected chi connectivity index (χ2v) is 3.86. The van der Waals surface area contributed by atoms with E-state index in [1.807, 2.05) is 6.07 Å². The van der Waals surface area contributed by atoms with Gasteiger partial charge in [-0.05, 0) is 37.0 Å². The highest BCUT2D eigenvalue weighted by Crippen LogP contribution is 2.30. The van der Waals surface area contributed by atoms with Crippen molar-refractivity contribution in [2.24, 2.45) is 0 Å². The van der Waals surface area contributed by atoms with Crippen LogP contribution in [0.2, 0.25) is 0 Å². The van der Waals surface area contributed by atoms with Crippen LogP contribution < -0.4 is 0 Å². The molecular weight excluding hydrogens is 176 g/mol. The molecular formula is C12H14O2. The number of benzene rings is 1. The first-order valence-electron chi connectivity index (χ1n) is 4.93. The van der Waals surface area contributed by atoms with Crippen molar-refractivity contribution in [2.75, 3.05) is 0 Å². The maximum Gasteiger partial charge on any atom is 0.306 e. The first-order valence-corrected chi connectivity index (χ1v) is 4.93. The molecule has 14 heavy (non-hydrogen) atoms. The Balaban J connectivity index is 2.24. The van der Waals surface area contributed by atoms with E-state index in [0.29, 0.717) is 6.42 Å². The van der Waals surface area contributed by atoms with Crippen molar-refractivity contribution in [3.8, 4) is 0 Å². The van der Waals surface area contributed by atoms with Gasteiger partial charge in [0.15, 0.2) is 0 Å². The number of aryl methyl sites for hydroxylation is 2. The van der Waals surface area contributed by atoms with Crippen molar-refractivity contribution in [1.29, 1.82) is 0 Å². The van der Waals surface area contributed by atoms with Crippen molar-refractivity contribution in [2.45, 2.75) is 32.8 Å². The third-order valence-corrected chi connectivity index (χ3v) is 2.79. The van der Waals surface area contributed by atoms with Crippen LogP contribution in [0.15, 0.2) is 18.2 Å². The molecule has 1 unspecified atom stereocenters. The molecule has 0 saturated carbocycles. The van der Waals surface area contributed by atoms with Gasteiger partial charge in [0.25, 0.3) is 0 Å². The highest BCUT2D eigenvalue weighted by molar-refractivity contribution is 5.71. The first-order chi connectivity index (χ1) is 6.66. The Bertz CT molecular complexity index is 369. The molecule has 0 bridgehead atoms. The van der Waals surface area contributed by atoms with Gasteiger partial charge in [-0.3, -0.25) is 4.79 Å². The van der Waals surface area contributed by atoms with Gasteiger partial charge in [0.05, 0.1) is 0 Å². The molecule has 0 radical (unpaired) electrons. The fraction of sp³-hybridized carbons (Fsp3) is 0.417. The Hall–Kier alpha value is -1.31. The summed E-state index contributed by atoms with van der Waals surface area (Å²) in [4.78, 5) is 11.0. The van der Waals surface area contributed by atoms with Crippen LogP contribution in [0.4, 0.5) is 0 Å². The van der Waals surface area contributed by atoms with Gasteiger partial charge in [-0.25, -0.2) is 0 Å². The largest absolute Gasteiger partial charge is 0.457 e. The molecule has 0 aliphatic carbocycles. The van der Waals surface area contributed by atoms with Crippen LogP contribution in [0.5, 0.6) is 0 Å². The molecule has 1 aromatic rings. The van der Waals surface area contributed by atoms with Crippen LogP contribution >= 0.6 is 0 Å². The number of hydrogen-bond acceptors (Lipinski definition) is 2. The van der Waals surface area contributed by atoms with E-state index in [1.54, 1.807) is 0 Å². The van der Waals surface area contributed by atoms with E-state index in [2.05, 4.69) is 26.0 Å². The molecule has 0 amide bonds. The van der Waals surface area contributed by atoms with Gasteiger partial charge in [0.2, 0.25) is 0 Å². The van der Waals surface area contributed by atoms with Crippen LogP contribution in [-0.2, 0) is 9.53 Å². The summed E-state index contributed by atoms with van der Waals surface area (Å²) in [5.74, 6) is -0.0757. The molecule has 1 aliphatic rings. The number of cyclic esters (lactones) is 1. The number of rotatable bonds is 1. The van der Waals surface area contributed by atoms with E-state index in [0.717, 1.165) is 12.0 Å². The predicted molar refractivity (Wildman–Crippen MR) is 54.0 cm³/mol. The highest BCUT2D eigenvalue weighted by atomic mass is 16.5. The predicted octanol–water partition coefficient (Wildman–Crippen LogP) is 2.68. The summed E-state index contributed by atoms with van der Waals surface area (Å²) in [7, 11) is 0. The molecule has 0 aromatic heterocycles. The molecule has 2 heteroatoms. The fourth-order valence-corrected chi connectivity index (χ4v) is 1.73. The molecule has 74 valence electrons. The summed E-state index contributed by atoms with van der Waals surface area (Å²) in [6, 6.07) is 6.24. The maximum absolute atomic E-state index is 11.0. The van der Waals surface area contributed by atoms with Crippen LogP contribution in [0.3, 0.4) is 0 Å². The number of hydrogen-bond donors (Lipinski definition) is 0. The molecule has 0 spiro atoms. The molecule has 1 aliphatic heterocycles. The molecule has 0 N–H and O–H groups in total. The SMILES string of the molecule is Cc1ccc(C2CCC(=O)O2)cc1C. The number of esters is 1. The molecule has 1 saturated heterocycles. The van der Waals surface area contributed by atoms with E-state index in [4.69, 9.17) is 4.74 Å². The molecule has 2 rings (SSSR count). The Morgan fingerprint density at radius 3 is 2.64 bits per heavy atom. The lowest BCUT2D eigenvalue weighted by molar-refractivity contribution is -0.141. The van der Waals surface area contributed by atoms with Gasteiger partial charge in [0, 0.05) is 6.42 Å². The van der Waals surface area contributed by atoms with Gasteiger partial charge < -0.3 is 4.74 Å². The second kappa shape index (κ2) is 3.45. The Labute approximate surface area is 83.9 Å². The summed E-state index contributed by atoms with van der Waals surface area (Å²) >= 11 is 0. The molecule has 2 nitrogen and oxygen atoms in total. The normalized spacial score (nSPS) is 21.0. The van der Waals surface area contributed by atoms with Gasteiger partial charge in [-0.1, -0.05) is 18.2 Å². The maximum atomic E-state index is 11.0. The zero-order valence-electron chi connectivity index (χ0n) is 8.54. The lowest BCUT2D eigenvalue weighted by Gasteiger charge is -2.11. The van der Waals surface area contributed by atoms with Gasteiger partial charge in [0.1, 0.15) is 6.10 Å². The van der Waals surface area contributed by atoms with E-state index in [-0.39, 0.29) is 12.1 Å². The minimum atomic E-state index is -0.0757. The topological polar surface area (TPSA) is 26.3 Å². The van der Waals surface area contributed by atoms with Crippen molar-refractivity contribution < 1.29 is 9.53 Å². The number of ether oxygens (including phenoxy) is 1. The monoisotopic (exact) mass is 190 g/mol. The minimum Gasteiger partial charge on any atom is -0.457 e. The third kappa shape index (κ3) is 1.65. The average Bonchev–Trinajstić information content (AvgIpc) is 2.57. The number of carbonyl (C=O) groups is 1. The number of carbonyl (C=O) groups excluding carboxylic acids is 1. The van der Waals surface area contributed by atoms with E-state index in [9.17, 15) is 4.79 Å². The summed E-state index contributed by atoms with van der Waals surface area (Å²) < 4.78 is 5.20. The molecule has 1 fully saturated rings. The van der Waals surface area contributed by atoms with Crippen molar-refractivity contribution in [1.82, 2.24) is 0 Å². The van der Waals surface area contributed by atoms with E-state index >= 15 is 0 Å². The summed E-state index contributed by atoms with van der Waals surface area (Å²) in [5, 5.41) is 0. The third-order valence-electron chi connectivity index (χ3n) is 2.79. The Kier molecular flexibility index (Phi) is 2.28. The molecule has 1 atom stereocenters. The minimum absolute atomic E-state index is 0.0122. The van der Waals surface area contributed by atoms with Crippen LogP contribution in [0, 0.1) is 13.8 Å². The summed E-state index contributed by atoms with van der Waals surface area (Å²) in [5.41, 5.74) is 3.66. The second-order valence-electron chi connectivity index (χ2n) is 3.86. The summed E-state index contributed by atoms with van der Waals surface area (Å²) in [6.07, 6.45) is 1.36. The van der Waals surface area contributed by atoms with Gasteiger partial charge in [-0.15, -0.1) is 0 Å².